The van der Waals surface area contributed by atoms with Gasteiger partial charge in [0.15, 0.2) is 11.0 Å². The Morgan fingerprint density at radius 3 is 1.95 bits per heavy atom. The molecule has 0 spiro atoms. The molecule has 212 valence electrons. The molecule has 1 amide bonds. The Kier molecular flexibility index (Phi) is 8.63. The maximum atomic E-state index is 13.4. The first-order chi connectivity index (χ1) is 20.7. The molecule has 0 radical (unpaired) electrons. The Balaban J connectivity index is 1.17. The summed E-state index contributed by atoms with van der Waals surface area (Å²) in [4.78, 5) is 17.9. The van der Waals surface area contributed by atoms with E-state index in [1.165, 1.54) is 22.9 Å². The maximum absolute atomic E-state index is 13.4. The van der Waals surface area contributed by atoms with Gasteiger partial charge in [-0.3, -0.25) is 14.3 Å². The molecule has 1 aromatic heterocycles. The molecule has 0 N–H and O–H groups in total. The van der Waals surface area contributed by atoms with Crippen LogP contribution in [0, 0.1) is 0 Å². The third kappa shape index (κ3) is 5.95. The number of hydrogen-bond acceptors (Lipinski definition) is 6. The summed E-state index contributed by atoms with van der Waals surface area (Å²) in [5.41, 5.74) is 4.31. The third-order valence-corrected chi connectivity index (χ3v) is 8.49. The van der Waals surface area contributed by atoms with Gasteiger partial charge in [-0.15, -0.1) is 10.2 Å². The van der Waals surface area contributed by atoms with Gasteiger partial charge in [-0.1, -0.05) is 115 Å². The largest absolute Gasteiger partial charge is 0.495 e. The lowest BCUT2D eigenvalue weighted by atomic mass is 9.96. The lowest BCUT2D eigenvalue weighted by molar-refractivity contribution is -0.130. The van der Waals surface area contributed by atoms with Crippen LogP contribution in [0.25, 0.3) is 17.1 Å². The number of rotatable bonds is 9. The van der Waals surface area contributed by atoms with Crippen molar-refractivity contribution in [3.8, 4) is 22.8 Å². The zero-order chi connectivity index (χ0) is 28.7. The minimum atomic E-state index is 0.103. The summed E-state index contributed by atoms with van der Waals surface area (Å²) >= 11 is 1.41. The number of benzene rings is 4. The van der Waals surface area contributed by atoms with Crippen LogP contribution in [-0.4, -0.2) is 69.5 Å². The summed E-state index contributed by atoms with van der Waals surface area (Å²) in [6, 6.07) is 39.1. The van der Waals surface area contributed by atoms with Crippen molar-refractivity contribution in [3.63, 3.8) is 0 Å². The van der Waals surface area contributed by atoms with Gasteiger partial charge in [0, 0.05) is 31.7 Å². The predicted molar refractivity (Wildman–Crippen MR) is 167 cm³/mol. The van der Waals surface area contributed by atoms with E-state index in [9.17, 15) is 4.79 Å². The van der Waals surface area contributed by atoms with Crippen LogP contribution in [0.1, 0.15) is 17.2 Å². The average molecular weight is 576 g/mol. The number of amides is 1. The minimum absolute atomic E-state index is 0.103. The molecule has 8 heteroatoms. The van der Waals surface area contributed by atoms with E-state index in [1.807, 2.05) is 64.1 Å². The van der Waals surface area contributed by atoms with Gasteiger partial charge < -0.3 is 9.64 Å². The second-order valence-electron chi connectivity index (χ2n) is 10.1. The van der Waals surface area contributed by atoms with E-state index in [-0.39, 0.29) is 17.7 Å². The van der Waals surface area contributed by atoms with Crippen LogP contribution in [-0.2, 0) is 4.79 Å². The zero-order valence-electron chi connectivity index (χ0n) is 23.5. The Bertz CT molecular complexity index is 1560. The molecular formula is C34H33N5O2S. The molecule has 2 heterocycles. The number of carbonyl (C=O) groups is 1. The molecule has 6 rings (SSSR count). The molecule has 1 fully saturated rings. The van der Waals surface area contributed by atoms with Crippen molar-refractivity contribution in [3.05, 3.63) is 126 Å². The van der Waals surface area contributed by atoms with E-state index in [2.05, 4.69) is 75.8 Å². The van der Waals surface area contributed by atoms with Crippen molar-refractivity contribution in [1.29, 1.82) is 0 Å². The molecule has 42 heavy (non-hydrogen) atoms. The first-order valence-electron chi connectivity index (χ1n) is 14.1. The molecule has 0 bridgehead atoms. The molecule has 0 unspecified atom stereocenters. The van der Waals surface area contributed by atoms with Crippen LogP contribution >= 0.6 is 11.8 Å². The summed E-state index contributed by atoms with van der Waals surface area (Å²) in [5.74, 6) is 1.80. The van der Waals surface area contributed by atoms with E-state index in [1.54, 1.807) is 7.11 Å². The third-order valence-electron chi connectivity index (χ3n) is 7.58. The zero-order valence-corrected chi connectivity index (χ0v) is 24.4. The number of ether oxygens (including phenoxy) is 1. The number of hydrogen-bond donors (Lipinski definition) is 0. The van der Waals surface area contributed by atoms with Crippen molar-refractivity contribution in [2.45, 2.75) is 11.2 Å². The Morgan fingerprint density at radius 2 is 1.33 bits per heavy atom. The first kappa shape index (κ1) is 27.8. The topological polar surface area (TPSA) is 63.5 Å². The molecule has 1 aliphatic heterocycles. The van der Waals surface area contributed by atoms with Gasteiger partial charge in [0.1, 0.15) is 5.75 Å². The van der Waals surface area contributed by atoms with Crippen molar-refractivity contribution < 1.29 is 9.53 Å². The maximum Gasteiger partial charge on any atom is 0.233 e. The van der Waals surface area contributed by atoms with Gasteiger partial charge in [-0.05, 0) is 23.3 Å². The van der Waals surface area contributed by atoms with Gasteiger partial charge in [0.2, 0.25) is 5.91 Å². The summed E-state index contributed by atoms with van der Waals surface area (Å²) in [6.45, 7) is 2.98. The van der Waals surface area contributed by atoms with Crippen LogP contribution in [0.15, 0.2) is 120 Å². The van der Waals surface area contributed by atoms with Crippen LogP contribution in [0.5, 0.6) is 5.75 Å². The van der Waals surface area contributed by atoms with Crippen molar-refractivity contribution in [1.82, 2.24) is 24.6 Å². The van der Waals surface area contributed by atoms with Crippen molar-refractivity contribution >= 4 is 17.7 Å². The molecule has 0 aliphatic carbocycles. The number of aromatic nitrogens is 3. The normalized spacial score (nSPS) is 13.8. The van der Waals surface area contributed by atoms with Gasteiger partial charge in [-0.25, -0.2) is 0 Å². The fraction of sp³-hybridized carbons (Fsp3) is 0.206. The highest BCUT2D eigenvalue weighted by Gasteiger charge is 2.28. The number of nitrogens with zero attached hydrogens (tertiary/aromatic N) is 5. The molecular weight excluding hydrogens is 542 g/mol. The average Bonchev–Trinajstić information content (AvgIpc) is 3.49. The van der Waals surface area contributed by atoms with Crippen LogP contribution in [0.4, 0.5) is 0 Å². The molecule has 1 saturated heterocycles. The van der Waals surface area contributed by atoms with Gasteiger partial charge in [-0.2, -0.15) is 0 Å². The predicted octanol–water partition coefficient (Wildman–Crippen LogP) is 5.97. The minimum Gasteiger partial charge on any atom is -0.495 e. The quantitative estimate of drug-likeness (QED) is 0.202. The lowest BCUT2D eigenvalue weighted by Gasteiger charge is -2.39. The van der Waals surface area contributed by atoms with E-state index in [0.29, 0.717) is 29.8 Å². The number of thioether (sulfide) groups is 1. The first-order valence-corrected chi connectivity index (χ1v) is 15.1. The number of para-hydroxylation sites is 2. The van der Waals surface area contributed by atoms with E-state index >= 15 is 0 Å². The fourth-order valence-corrected chi connectivity index (χ4v) is 6.35. The molecule has 1 aliphatic rings. The standard InChI is InChI=1S/C34H33N5O2S/c1-41-30-20-12-11-19-29(30)39-33(28-17-9-4-10-18-28)35-36-34(39)42-25-31(40)37-21-23-38(24-22-37)32(26-13-5-2-6-14-26)27-15-7-3-8-16-27/h2-20,32H,21-25H2,1H3. The van der Waals surface area contributed by atoms with Gasteiger partial charge in [0.25, 0.3) is 0 Å². The molecule has 0 saturated carbocycles. The van der Waals surface area contributed by atoms with Crippen LogP contribution < -0.4 is 4.74 Å². The summed E-state index contributed by atoms with van der Waals surface area (Å²) < 4.78 is 7.64. The van der Waals surface area contributed by atoms with Crippen LogP contribution in [0.3, 0.4) is 0 Å². The van der Waals surface area contributed by atoms with Gasteiger partial charge in [0.05, 0.1) is 24.6 Å². The Labute approximate surface area is 250 Å². The smallest absolute Gasteiger partial charge is 0.233 e. The SMILES string of the molecule is COc1ccccc1-n1c(SCC(=O)N2CCN(C(c3ccccc3)c3ccccc3)CC2)nnc1-c1ccccc1. The van der Waals surface area contributed by atoms with E-state index in [0.717, 1.165) is 24.3 Å². The Morgan fingerprint density at radius 1 is 0.762 bits per heavy atom. The second kappa shape index (κ2) is 13.1. The fourth-order valence-electron chi connectivity index (χ4n) is 5.50. The number of methoxy groups -OCH3 is 1. The molecule has 7 nitrogen and oxygen atoms in total. The molecule has 0 atom stereocenters. The molecule has 4 aromatic carbocycles. The second-order valence-corrected chi connectivity index (χ2v) is 11.1. The van der Waals surface area contributed by atoms with Crippen molar-refractivity contribution in [2.75, 3.05) is 39.0 Å². The van der Waals surface area contributed by atoms with Crippen LogP contribution in [0.2, 0.25) is 0 Å². The highest BCUT2D eigenvalue weighted by atomic mass is 32.2. The highest BCUT2D eigenvalue weighted by molar-refractivity contribution is 7.99. The van der Waals surface area contributed by atoms with Gasteiger partial charge >= 0.3 is 0 Å². The van der Waals surface area contributed by atoms with Crippen molar-refractivity contribution in [2.24, 2.45) is 0 Å². The number of piperazine rings is 1. The monoisotopic (exact) mass is 575 g/mol. The number of carbonyl (C=O) groups excluding carboxylic acids is 1. The molecule has 5 aromatic rings. The summed E-state index contributed by atoms with van der Waals surface area (Å²) in [7, 11) is 1.65. The van der Waals surface area contributed by atoms with E-state index in [4.69, 9.17) is 4.74 Å². The highest BCUT2D eigenvalue weighted by Crippen LogP contribution is 2.33. The summed E-state index contributed by atoms with van der Waals surface area (Å²) in [5, 5.41) is 9.68. The summed E-state index contributed by atoms with van der Waals surface area (Å²) in [6.07, 6.45) is 0. The lowest BCUT2D eigenvalue weighted by Crippen LogP contribution is -2.50. The Hall–Kier alpha value is -4.40. The van der Waals surface area contributed by atoms with E-state index < -0.39 is 0 Å².